The SMILES string of the molecule is NCc1nc(-c2ccccc2C(F)F)no1. The Morgan fingerprint density at radius 2 is 2.06 bits per heavy atom. The van der Waals surface area contributed by atoms with Crippen LogP contribution >= 0.6 is 0 Å². The zero-order valence-corrected chi connectivity index (χ0v) is 8.23. The number of halogens is 2. The number of hydrogen-bond donors (Lipinski definition) is 1. The predicted octanol–water partition coefficient (Wildman–Crippen LogP) is 2.13. The summed E-state index contributed by atoms with van der Waals surface area (Å²) in [7, 11) is 0. The second-order valence-electron chi connectivity index (χ2n) is 3.10. The molecular weight excluding hydrogens is 216 g/mol. The van der Waals surface area contributed by atoms with Crippen LogP contribution < -0.4 is 5.73 Å². The van der Waals surface area contributed by atoms with E-state index in [1.54, 1.807) is 6.07 Å². The number of hydrogen-bond acceptors (Lipinski definition) is 4. The Bertz CT molecular complexity index is 484. The van der Waals surface area contributed by atoms with Gasteiger partial charge in [-0.1, -0.05) is 29.4 Å². The van der Waals surface area contributed by atoms with E-state index in [0.29, 0.717) is 0 Å². The highest BCUT2D eigenvalue weighted by Gasteiger charge is 2.17. The molecule has 1 aromatic carbocycles. The first kappa shape index (κ1) is 10.7. The van der Waals surface area contributed by atoms with Crippen molar-refractivity contribution in [2.45, 2.75) is 13.0 Å². The van der Waals surface area contributed by atoms with E-state index in [-0.39, 0.29) is 29.4 Å². The van der Waals surface area contributed by atoms with Gasteiger partial charge in [0.25, 0.3) is 6.43 Å². The molecule has 4 nitrogen and oxygen atoms in total. The summed E-state index contributed by atoms with van der Waals surface area (Å²) in [5, 5.41) is 3.60. The number of aromatic nitrogens is 2. The monoisotopic (exact) mass is 225 g/mol. The van der Waals surface area contributed by atoms with Gasteiger partial charge in [-0.3, -0.25) is 0 Å². The van der Waals surface area contributed by atoms with Crippen LogP contribution in [-0.2, 0) is 6.54 Å². The lowest BCUT2D eigenvalue weighted by atomic mass is 10.1. The first-order valence-corrected chi connectivity index (χ1v) is 4.62. The van der Waals surface area contributed by atoms with E-state index in [1.807, 2.05) is 0 Å². The minimum atomic E-state index is -2.57. The molecule has 84 valence electrons. The molecule has 0 aliphatic carbocycles. The van der Waals surface area contributed by atoms with Crippen molar-refractivity contribution in [1.29, 1.82) is 0 Å². The molecule has 0 saturated carbocycles. The van der Waals surface area contributed by atoms with Crippen LogP contribution in [0.4, 0.5) is 8.78 Å². The van der Waals surface area contributed by atoms with Crippen LogP contribution in [0.25, 0.3) is 11.4 Å². The van der Waals surface area contributed by atoms with Crippen LogP contribution in [0.15, 0.2) is 28.8 Å². The van der Waals surface area contributed by atoms with Gasteiger partial charge in [-0.15, -0.1) is 0 Å². The molecule has 0 saturated heterocycles. The van der Waals surface area contributed by atoms with Crippen LogP contribution in [0.3, 0.4) is 0 Å². The molecule has 1 aromatic heterocycles. The van der Waals surface area contributed by atoms with E-state index in [4.69, 9.17) is 10.3 Å². The quantitative estimate of drug-likeness (QED) is 0.869. The molecule has 0 atom stereocenters. The largest absolute Gasteiger partial charge is 0.338 e. The van der Waals surface area contributed by atoms with Gasteiger partial charge < -0.3 is 10.3 Å². The van der Waals surface area contributed by atoms with Crippen molar-refractivity contribution >= 4 is 0 Å². The summed E-state index contributed by atoms with van der Waals surface area (Å²) in [4.78, 5) is 3.91. The molecule has 6 heteroatoms. The lowest BCUT2D eigenvalue weighted by Crippen LogP contribution is -1.96. The highest BCUT2D eigenvalue weighted by atomic mass is 19.3. The Morgan fingerprint density at radius 1 is 1.31 bits per heavy atom. The van der Waals surface area contributed by atoms with Gasteiger partial charge in [0, 0.05) is 11.1 Å². The average Bonchev–Trinajstić information content (AvgIpc) is 2.77. The van der Waals surface area contributed by atoms with Crippen molar-refractivity contribution in [2.24, 2.45) is 5.73 Å². The molecule has 16 heavy (non-hydrogen) atoms. The van der Waals surface area contributed by atoms with Crippen LogP contribution in [0, 0.1) is 0 Å². The number of alkyl halides is 2. The number of rotatable bonds is 3. The summed E-state index contributed by atoms with van der Waals surface area (Å²) < 4.78 is 30.2. The molecule has 2 aromatic rings. The third kappa shape index (κ3) is 1.92. The van der Waals surface area contributed by atoms with Gasteiger partial charge in [-0.2, -0.15) is 4.98 Å². The minimum absolute atomic E-state index is 0.0871. The average molecular weight is 225 g/mol. The zero-order valence-electron chi connectivity index (χ0n) is 8.23. The Hall–Kier alpha value is -1.82. The first-order valence-electron chi connectivity index (χ1n) is 4.62. The second kappa shape index (κ2) is 4.36. The Labute approximate surface area is 90.1 Å². The van der Waals surface area contributed by atoms with E-state index < -0.39 is 6.43 Å². The topological polar surface area (TPSA) is 64.9 Å². The molecule has 0 unspecified atom stereocenters. The Balaban J connectivity index is 2.46. The molecule has 0 spiro atoms. The summed E-state index contributed by atoms with van der Waals surface area (Å²) in [5.41, 5.74) is 5.44. The number of nitrogens with zero attached hydrogens (tertiary/aromatic N) is 2. The van der Waals surface area contributed by atoms with Crippen molar-refractivity contribution in [1.82, 2.24) is 10.1 Å². The summed E-state index contributed by atoms with van der Waals surface area (Å²) in [6, 6.07) is 6.03. The van der Waals surface area contributed by atoms with E-state index in [0.717, 1.165) is 0 Å². The summed E-state index contributed by atoms with van der Waals surface area (Å²) >= 11 is 0. The minimum Gasteiger partial charge on any atom is -0.338 e. The molecule has 0 radical (unpaired) electrons. The molecule has 0 bridgehead atoms. The fourth-order valence-corrected chi connectivity index (χ4v) is 1.34. The van der Waals surface area contributed by atoms with Crippen molar-refractivity contribution in [3.63, 3.8) is 0 Å². The smallest absolute Gasteiger partial charge is 0.264 e. The normalized spacial score (nSPS) is 11.0. The van der Waals surface area contributed by atoms with Gasteiger partial charge in [0.15, 0.2) is 0 Å². The van der Waals surface area contributed by atoms with Gasteiger partial charge in [-0.05, 0) is 0 Å². The fourth-order valence-electron chi connectivity index (χ4n) is 1.34. The van der Waals surface area contributed by atoms with Crippen LogP contribution in [0.2, 0.25) is 0 Å². The molecular formula is C10H9F2N3O. The number of nitrogens with two attached hydrogens (primary N) is 1. The van der Waals surface area contributed by atoms with Crippen LogP contribution in [0.1, 0.15) is 17.9 Å². The second-order valence-corrected chi connectivity index (χ2v) is 3.10. The van der Waals surface area contributed by atoms with E-state index in [2.05, 4.69) is 10.1 Å². The van der Waals surface area contributed by atoms with Gasteiger partial charge in [0.2, 0.25) is 11.7 Å². The van der Waals surface area contributed by atoms with Crippen molar-refractivity contribution in [3.8, 4) is 11.4 Å². The van der Waals surface area contributed by atoms with Gasteiger partial charge in [0.05, 0.1) is 6.54 Å². The standard InChI is InChI=1S/C10H9F2N3O/c11-9(12)6-3-1-2-4-7(6)10-14-8(5-13)16-15-10/h1-4,9H,5,13H2. The molecule has 0 aliphatic rings. The fraction of sp³-hybridized carbons (Fsp3) is 0.200. The molecule has 0 fully saturated rings. The maximum absolute atomic E-state index is 12.7. The molecule has 0 amide bonds. The summed E-state index contributed by atoms with van der Waals surface area (Å²) in [6.45, 7) is 0.0871. The van der Waals surface area contributed by atoms with E-state index in [9.17, 15) is 8.78 Å². The molecule has 2 rings (SSSR count). The Morgan fingerprint density at radius 3 is 2.69 bits per heavy atom. The molecule has 2 N–H and O–H groups in total. The lowest BCUT2D eigenvalue weighted by Gasteiger charge is -2.03. The first-order chi connectivity index (χ1) is 7.72. The van der Waals surface area contributed by atoms with Gasteiger partial charge >= 0.3 is 0 Å². The van der Waals surface area contributed by atoms with Gasteiger partial charge in [-0.25, -0.2) is 8.78 Å². The van der Waals surface area contributed by atoms with Crippen LogP contribution in [0.5, 0.6) is 0 Å². The van der Waals surface area contributed by atoms with E-state index in [1.165, 1.54) is 18.2 Å². The highest BCUT2D eigenvalue weighted by molar-refractivity contribution is 5.59. The Kier molecular flexibility index (Phi) is 2.91. The van der Waals surface area contributed by atoms with E-state index >= 15 is 0 Å². The maximum Gasteiger partial charge on any atom is 0.264 e. The van der Waals surface area contributed by atoms with Crippen molar-refractivity contribution in [3.05, 3.63) is 35.7 Å². The summed E-state index contributed by atoms with van der Waals surface area (Å²) in [6.07, 6.45) is -2.57. The highest BCUT2D eigenvalue weighted by Crippen LogP contribution is 2.28. The third-order valence-electron chi connectivity index (χ3n) is 2.08. The van der Waals surface area contributed by atoms with Gasteiger partial charge in [0.1, 0.15) is 0 Å². The summed E-state index contributed by atoms with van der Waals surface area (Å²) in [5.74, 6) is 0.357. The zero-order chi connectivity index (χ0) is 11.5. The molecule has 1 heterocycles. The van der Waals surface area contributed by atoms with Crippen molar-refractivity contribution < 1.29 is 13.3 Å². The third-order valence-corrected chi connectivity index (χ3v) is 2.08. The number of benzene rings is 1. The maximum atomic E-state index is 12.7. The van der Waals surface area contributed by atoms with Crippen LogP contribution in [-0.4, -0.2) is 10.1 Å². The molecule has 0 aliphatic heterocycles. The lowest BCUT2D eigenvalue weighted by molar-refractivity contribution is 0.152. The predicted molar refractivity (Wildman–Crippen MR) is 52.6 cm³/mol. The van der Waals surface area contributed by atoms with Crippen molar-refractivity contribution in [2.75, 3.05) is 0 Å².